The molecule has 1 N–H and O–H groups in total. The molecule has 0 radical (unpaired) electrons. The zero-order chi connectivity index (χ0) is 13.2. The minimum atomic E-state index is 0.366. The van der Waals surface area contributed by atoms with Gasteiger partial charge in [-0.3, -0.25) is 0 Å². The van der Waals surface area contributed by atoms with E-state index < -0.39 is 0 Å². The Morgan fingerprint density at radius 2 is 2.05 bits per heavy atom. The number of benzene rings is 1. The van der Waals surface area contributed by atoms with Crippen molar-refractivity contribution >= 4 is 17.4 Å². The van der Waals surface area contributed by atoms with Crippen molar-refractivity contribution in [1.82, 2.24) is 15.3 Å². The molecule has 1 aliphatic heterocycles. The van der Waals surface area contributed by atoms with E-state index in [-0.39, 0.29) is 0 Å². The Kier molecular flexibility index (Phi) is 3.05. The van der Waals surface area contributed by atoms with Gasteiger partial charge < -0.3 is 10.2 Å². The highest BCUT2D eigenvalue weighted by Gasteiger charge is 2.12. The number of hydrogen-bond donors (Lipinski definition) is 1. The normalized spacial score (nSPS) is 13.7. The summed E-state index contributed by atoms with van der Waals surface area (Å²) in [6, 6.07) is 7.69. The van der Waals surface area contributed by atoms with E-state index in [1.54, 1.807) is 0 Å². The molecule has 0 saturated heterocycles. The van der Waals surface area contributed by atoms with Crippen molar-refractivity contribution in [2.75, 3.05) is 6.73 Å². The number of nitrogens with one attached hydrogen (secondary N) is 1. The van der Waals surface area contributed by atoms with E-state index in [9.17, 15) is 0 Å². The number of nitrogens with zero attached hydrogens (tertiary/aromatic N) is 3. The Morgan fingerprint density at radius 1 is 1.21 bits per heavy atom. The third-order valence-electron chi connectivity index (χ3n) is 2.84. The lowest BCUT2D eigenvalue weighted by molar-refractivity contribution is 0.164. The van der Waals surface area contributed by atoms with Crippen LogP contribution in [0.3, 0.4) is 0 Å². The van der Waals surface area contributed by atoms with Crippen LogP contribution in [0.25, 0.3) is 11.3 Å². The van der Waals surface area contributed by atoms with Crippen molar-refractivity contribution < 1.29 is 4.84 Å². The molecular weight excluding hydrogens is 264 g/mol. The highest BCUT2D eigenvalue weighted by atomic mass is 35.5. The maximum Gasteiger partial charge on any atom is 0.194 e. The number of aromatic nitrogens is 2. The van der Waals surface area contributed by atoms with E-state index in [1.165, 1.54) is 6.33 Å². The van der Waals surface area contributed by atoms with E-state index in [0.717, 1.165) is 21.8 Å². The van der Waals surface area contributed by atoms with Gasteiger partial charge in [0, 0.05) is 10.6 Å². The molecule has 2 heterocycles. The predicted octanol–water partition coefficient (Wildman–Crippen LogP) is 2.34. The van der Waals surface area contributed by atoms with Crippen LogP contribution in [-0.2, 0) is 4.84 Å². The average Bonchev–Trinajstić information content (AvgIpc) is 2.96. The highest BCUT2D eigenvalue weighted by molar-refractivity contribution is 6.31. The molecule has 1 aromatic heterocycles. The fourth-order valence-corrected chi connectivity index (χ4v) is 1.94. The summed E-state index contributed by atoms with van der Waals surface area (Å²) in [5.41, 5.74) is 3.47. The van der Waals surface area contributed by atoms with Crippen molar-refractivity contribution in [3.63, 3.8) is 0 Å². The first-order valence-electron chi connectivity index (χ1n) is 5.77. The Hall–Kier alpha value is -2.14. The number of halogens is 1. The van der Waals surface area contributed by atoms with Crippen LogP contribution in [0.2, 0.25) is 5.02 Å². The summed E-state index contributed by atoms with van der Waals surface area (Å²) in [6.07, 6.45) is 1.50. The predicted molar refractivity (Wildman–Crippen MR) is 72.8 cm³/mol. The second-order valence-electron chi connectivity index (χ2n) is 4.14. The smallest absolute Gasteiger partial charge is 0.194 e. The quantitative estimate of drug-likeness (QED) is 0.913. The molecule has 96 valence electrons. The molecule has 0 unspecified atom stereocenters. The number of hydrogen-bond acceptors (Lipinski definition) is 5. The third-order valence-corrected chi connectivity index (χ3v) is 3.24. The van der Waals surface area contributed by atoms with E-state index >= 15 is 0 Å². The summed E-state index contributed by atoms with van der Waals surface area (Å²) in [5, 5.41) is 7.56. The molecule has 1 aromatic carbocycles. The summed E-state index contributed by atoms with van der Waals surface area (Å²) in [7, 11) is 0. The maximum atomic E-state index is 6.13. The maximum absolute atomic E-state index is 6.13. The van der Waals surface area contributed by atoms with E-state index in [2.05, 4.69) is 20.4 Å². The summed E-state index contributed by atoms with van der Waals surface area (Å²) in [5.74, 6) is 0.613. The zero-order valence-corrected chi connectivity index (χ0v) is 11.0. The van der Waals surface area contributed by atoms with Crippen LogP contribution in [-0.4, -0.2) is 22.5 Å². The number of rotatable bonds is 2. The topological polar surface area (TPSA) is 59.4 Å². The van der Waals surface area contributed by atoms with Crippen molar-refractivity contribution in [3.8, 4) is 11.3 Å². The first-order chi connectivity index (χ1) is 9.24. The van der Waals surface area contributed by atoms with Gasteiger partial charge >= 0.3 is 0 Å². The lowest BCUT2D eigenvalue weighted by Crippen LogP contribution is -2.20. The molecule has 3 rings (SSSR count). The molecular formula is C13H11ClN4O. The van der Waals surface area contributed by atoms with Gasteiger partial charge in [-0.1, -0.05) is 28.9 Å². The number of aryl methyl sites for hydroxylation is 1. The second kappa shape index (κ2) is 4.85. The van der Waals surface area contributed by atoms with Gasteiger partial charge in [0.25, 0.3) is 0 Å². The van der Waals surface area contributed by atoms with Crippen LogP contribution in [0.15, 0.2) is 35.7 Å². The Bertz CT molecular complexity index is 657. The van der Waals surface area contributed by atoms with Gasteiger partial charge in [0.05, 0.1) is 5.69 Å². The van der Waals surface area contributed by atoms with Gasteiger partial charge in [-0.15, -0.1) is 0 Å². The average molecular weight is 275 g/mol. The Labute approximate surface area is 115 Å². The molecule has 0 bridgehead atoms. The fraction of sp³-hybridized carbons (Fsp3) is 0.154. The first-order valence-corrected chi connectivity index (χ1v) is 6.14. The van der Waals surface area contributed by atoms with Crippen molar-refractivity contribution in [2.24, 2.45) is 5.16 Å². The van der Waals surface area contributed by atoms with Crippen LogP contribution in [0.5, 0.6) is 0 Å². The highest BCUT2D eigenvalue weighted by Crippen LogP contribution is 2.24. The SMILES string of the molecule is Cc1ccc(-c2cc(C3=NOCN3)ncn2)cc1Cl. The first kappa shape index (κ1) is 11.9. The monoisotopic (exact) mass is 274 g/mol. The van der Waals surface area contributed by atoms with E-state index in [1.807, 2.05) is 31.2 Å². The molecule has 0 spiro atoms. The van der Waals surface area contributed by atoms with Gasteiger partial charge in [-0.2, -0.15) is 0 Å². The van der Waals surface area contributed by atoms with Gasteiger partial charge in [-0.05, 0) is 24.6 Å². The molecule has 0 saturated carbocycles. The van der Waals surface area contributed by atoms with Crippen LogP contribution in [0.4, 0.5) is 0 Å². The van der Waals surface area contributed by atoms with Crippen molar-refractivity contribution in [3.05, 3.63) is 46.9 Å². The van der Waals surface area contributed by atoms with Crippen LogP contribution >= 0.6 is 11.6 Å². The molecule has 0 fully saturated rings. The van der Waals surface area contributed by atoms with Crippen molar-refractivity contribution in [1.29, 1.82) is 0 Å². The number of oxime groups is 1. The summed E-state index contributed by atoms with van der Waals surface area (Å²) < 4.78 is 0. The van der Waals surface area contributed by atoms with Crippen LogP contribution in [0.1, 0.15) is 11.3 Å². The molecule has 0 amide bonds. The Balaban J connectivity index is 2.00. The zero-order valence-electron chi connectivity index (χ0n) is 10.2. The minimum Gasteiger partial charge on any atom is -0.372 e. The van der Waals surface area contributed by atoms with Gasteiger partial charge in [0.15, 0.2) is 12.6 Å². The Morgan fingerprint density at radius 3 is 2.79 bits per heavy atom. The summed E-state index contributed by atoms with van der Waals surface area (Å²) >= 11 is 6.13. The van der Waals surface area contributed by atoms with Gasteiger partial charge in [0.2, 0.25) is 0 Å². The van der Waals surface area contributed by atoms with Crippen LogP contribution in [0, 0.1) is 6.92 Å². The number of amidine groups is 1. The fourth-order valence-electron chi connectivity index (χ4n) is 1.76. The summed E-state index contributed by atoms with van der Waals surface area (Å²) in [6.45, 7) is 2.33. The van der Waals surface area contributed by atoms with E-state index in [4.69, 9.17) is 16.4 Å². The van der Waals surface area contributed by atoms with Crippen molar-refractivity contribution in [2.45, 2.75) is 6.92 Å². The lowest BCUT2D eigenvalue weighted by atomic mass is 10.1. The standard InChI is InChI=1S/C13H11ClN4O/c1-8-2-3-9(4-10(8)14)11-5-12(16-6-15-11)13-17-7-19-18-13/h2-6H,7H2,1H3,(H,17,18). The molecule has 1 aliphatic rings. The molecule has 0 atom stereocenters. The summed E-state index contributed by atoms with van der Waals surface area (Å²) in [4.78, 5) is 13.3. The molecule has 19 heavy (non-hydrogen) atoms. The minimum absolute atomic E-state index is 0.366. The third kappa shape index (κ3) is 2.37. The molecule has 6 heteroatoms. The lowest BCUT2D eigenvalue weighted by Gasteiger charge is -2.05. The molecule has 2 aromatic rings. The van der Waals surface area contributed by atoms with Gasteiger partial charge in [-0.25, -0.2) is 9.97 Å². The van der Waals surface area contributed by atoms with E-state index in [0.29, 0.717) is 18.3 Å². The van der Waals surface area contributed by atoms with Gasteiger partial charge in [0.1, 0.15) is 12.0 Å². The largest absolute Gasteiger partial charge is 0.372 e. The molecule has 0 aliphatic carbocycles. The molecule has 5 nitrogen and oxygen atoms in total. The second-order valence-corrected chi connectivity index (χ2v) is 4.55. The van der Waals surface area contributed by atoms with Crippen LogP contribution < -0.4 is 5.32 Å².